The molecular weight excluding hydrogens is 290 g/mol. The van der Waals surface area contributed by atoms with E-state index in [4.69, 9.17) is 11.2 Å². The molecule has 1 aliphatic heterocycles. The lowest BCUT2D eigenvalue weighted by Crippen LogP contribution is -2.22. The lowest BCUT2D eigenvalue weighted by atomic mass is 10.1. The number of allylic oxidation sites excluding steroid dienone is 2. The van der Waals surface area contributed by atoms with Gasteiger partial charge in [0.2, 0.25) is 0 Å². The number of hydrogen-bond donors (Lipinski definition) is 1. The average Bonchev–Trinajstić information content (AvgIpc) is 2.40. The molecule has 18 heavy (non-hydrogen) atoms. The number of benzene rings is 1. The van der Waals surface area contributed by atoms with Crippen LogP contribution in [-0.4, -0.2) is 11.4 Å². The molecule has 1 atom stereocenters. The molecule has 2 rings (SSSR count). The van der Waals surface area contributed by atoms with E-state index in [-0.39, 0.29) is 0 Å². The van der Waals surface area contributed by atoms with Crippen LogP contribution in [0.4, 0.5) is 0 Å². The van der Waals surface area contributed by atoms with E-state index < -0.39 is 0 Å². The Morgan fingerprint density at radius 3 is 2.78 bits per heavy atom. The van der Waals surface area contributed by atoms with Gasteiger partial charge in [-0.1, -0.05) is 34.5 Å². The Bertz CT molecular complexity index is 510. The summed E-state index contributed by atoms with van der Waals surface area (Å²) in [6.45, 7) is 4.28. The SMILES string of the molecule is C#CCOc1ccc(C2=CCC(Br)C(=C)N2)cc1. The first-order valence-electron chi connectivity index (χ1n) is 5.67. The zero-order valence-corrected chi connectivity index (χ0v) is 11.5. The minimum atomic E-state index is 0.294. The van der Waals surface area contributed by atoms with Crippen LogP contribution in [0.1, 0.15) is 12.0 Å². The van der Waals surface area contributed by atoms with Gasteiger partial charge in [0.1, 0.15) is 12.4 Å². The highest BCUT2D eigenvalue weighted by atomic mass is 79.9. The fourth-order valence-corrected chi connectivity index (χ4v) is 2.01. The Morgan fingerprint density at radius 2 is 2.17 bits per heavy atom. The molecule has 3 heteroatoms. The maximum atomic E-state index is 5.33. The summed E-state index contributed by atoms with van der Waals surface area (Å²) >= 11 is 3.55. The molecule has 0 fully saturated rings. The molecule has 1 unspecified atom stereocenters. The summed E-state index contributed by atoms with van der Waals surface area (Å²) < 4.78 is 5.33. The third-order valence-corrected chi connectivity index (χ3v) is 3.62. The normalized spacial score (nSPS) is 18.6. The monoisotopic (exact) mass is 303 g/mol. The van der Waals surface area contributed by atoms with Gasteiger partial charge in [0, 0.05) is 11.4 Å². The van der Waals surface area contributed by atoms with Crippen molar-refractivity contribution in [1.29, 1.82) is 0 Å². The van der Waals surface area contributed by atoms with Crippen molar-refractivity contribution < 1.29 is 4.74 Å². The lowest BCUT2D eigenvalue weighted by molar-refractivity contribution is 0.370. The van der Waals surface area contributed by atoms with Crippen molar-refractivity contribution in [2.24, 2.45) is 0 Å². The molecule has 0 saturated heterocycles. The number of terminal acetylenes is 1. The van der Waals surface area contributed by atoms with E-state index in [0.717, 1.165) is 29.1 Å². The number of rotatable bonds is 3. The maximum absolute atomic E-state index is 5.33. The van der Waals surface area contributed by atoms with Crippen LogP contribution in [0.15, 0.2) is 42.6 Å². The molecule has 0 radical (unpaired) electrons. The van der Waals surface area contributed by atoms with Crippen molar-refractivity contribution in [2.75, 3.05) is 6.61 Å². The second kappa shape index (κ2) is 5.79. The Kier molecular flexibility index (Phi) is 4.11. The first kappa shape index (κ1) is 12.8. The number of alkyl halides is 1. The van der Waals surface area contributed by atoms with Crippen molar-refractivity contribution in [1.82, 2.24) is 5.32 Å². The van der Waals surface area contributed by atoms with E-state index in [9.17, 15) is 0 Å². The van der Waals surface area contributed by atoms with Crippen LogP contribution in [0.25, 0.3) is 5.70 Å². The van der Waals surface area contributed by atoms with Gasteiger partial charge in [-0.05, 0) is 36.2 Å². The fraction of sp³-hybridized carbons (Fsp3) is 0.200. The van der Waals surface area contributed by atoms with Crippen LogP contribution in [0.3, 0.4) is 0 Å². The molecule has 0 aromatic heterocycles. The van der Waals surface area contributed by atoms with E-state index in [1.807, 2.05) is 24.3 Å². The standard InChI is InChI=1S/C15H14BrNO/c1-3-10-18-13-6-4-12(5-7-13)15-9-8-14(16)11(2)17-15/h1,4-7,9,14,17H,2,8,10H2. The van der Waals surface area contributed by atoms with E-state index in [0.29, 0.717) is 11.4 Å². The second-order valence-electron chi connectivity index (χ2n) is 3.99. The van der Waals surface area contributed by atoms with Gasteiger partial charge in [-0.25, -0.2) is 0 Å². The van der Waals surface area contributed by atoms with Crippen LogP contribution in [-0.2, 0) is 0 Å². The average molecular weight is 304 g/mol. The van der Waals surface area contributed by atoms with E-state index in [1.165, 1.54) is 0 Å². The van der Waals surface area contributed by atoms with Crippen molar-refractivity contribution in [2.45, 2.75) is 11.2 Å². The van der Waals surface area contributed by atoms with Gasteiger partial charge in [0.05, 0.1) is 4.83 Å². The van der Waals surface area contributed by atoms with Gasteiger partial charge in [-0.15, -0.1) is 6.42 Å². The highest BCUT2D eigenvalue weighted by Gasteiger charge is 2.15. The molecular formula is C15H14BrNO. The molecule has 1 aromatic carbocycles. The number of nitrogens with one attached hydrogen (secondary N) is 1. The number of halogens is 1. The first-order chi connectivity index (χ1) is 8.70. The van der Waals surface area contributed by atoms with Gasteiger partial charge in [0.25, 0.3) is 0 Å². The summed E-state index contributed by atoms with van der Waals surface area (Å²) in [7, 11) is 0. The zero-order chi connectivity index (χ0) is 13.0. The molecule has 1 aliphatic rings. The molecule has 0 aliphatic carbocycles. The van der Waals surface area contributed by atoms with Crippen LogP contribution < -0.4 is 10.1 Å². The molecule has 1 heterocycles. The lowest BCUT2D eigenvalue weighted by Gasteiger charge is -2.22. The van der Waals surface area contributed by atoms with E-state index >= 15 is 0 Å². The van der Waals surface area contributed by atoms with Crippen LogP contribution in [0, 0.1) is 12.3 Å². The van der Waals surface area contributed by atoms with Crippen LogP contribution in [0.5, 0.6) is 5.75 Å². The van der Waals surface area contributed by atoms with Crippen molar-refractivity contribution in [3.8, 4) is 18.1 Å². The van der Waals surface area contributed by atoms with Gasteiger partial charge >= 0.3 is 0 Å². The van der Waals surface area contributed by atoms with Gasteiger partial charge in [0.15, 0.2) is 0 Å². The predicted molar refractivity (Wildman–Crippen MR) is 78.4 cm³/mol. The molecule has 0 bridgehead atoms. The molecule has 92 valence electrons. The minimum Gasteiger partial charge on any atom is -0.481 e. The molecule has 0 saturated carbocycles. The zero-order valence-electron chi connectivity index (χ0n) is 9.95. The number of ether oxygens (including phenoxy) is 1. The topological polar surface area (TPSA) is 21.3 Å². The summed E-state index contributed by atoms with van der Waals surface area (Å²) in [6, 6.07) is 7.84. The Labute approximate surface area is 116 Å². The van der Waals surface area contributed by atoms with E-state index in [2.05, 4.69) is 39.8 Å². The van der Waals surface area contributed by atoms with Crippen molar-refractivity contribution >= 4 is 21.6 Å². The quantitative estimate of drug-likeness (QED) is 0.683. The maximum Gasteiger partial charge on any atom is 0.148 e. The van der Waals surface area contributed by atoms with E-state index in [1.54, 1.807) is 0 Å². The number of hydrogen-bond acceptors (Lipinski definition) is 2. The largest absolute Gasteiger partial charge is 0.481 e. The third-order valence-electron chi connectivity index (χ3n) is 2.69. The first-order valence-corrected chi connectivity index (χ1v) is 6.59. The Morgan fingerprint density at radius 1 is 1.44 bits per heavy atom. The Balaban J connectivity index is 2.11. The highest BCUT2D eigenvalue weighted by molar-refractivity contribution is 9.09. The Hall–Kier alpha value is -1.66. The van der Waals surface area contributed by atoms with Crippen molar-refractivity contribution in [3.05, 3.63) is 48.2 Å². The summed E-state index contributed by atoms with van der Waals surface area (Å²) in [6.07, 6.45) is 8.24. The molecule has 0 amide bonds. The predicted octanol–water partition coefficient (Wildman–Crippen LogP) is 3.31. The summed E-state index contributed by atoms with van der Waals surface area (Å²) in [4.78, 5) is 0.305. The van der Waals surface area contributed by atoms with Crippen LogP contribution in [0.2, 0.25) is 0 Å². The van der Waals surface area contributed by atoms with Gasteiger partial charge in [-0.3, -0.25) is 0 Å². The van der Waals surface area contributed by atoms with Gasteiger partial charge < -0.3 is 10.1 Å². The van der Waals surface area contributed by atoms with Crippen molar-refractivity contribution in [3.63, 3.8) is 0 Å². The second-order valence-corrected chi connectivity index (χ2v) is 5.09. The highest BCUT2D eigenvalue weighted by Crippen LogP contribution is 2.26. The minimum absolute atomic E-state index is 0.294. The third kappa shape index (κ3) is 2.96. The smallest absolute Gasteiger partial charge is 0.148 e. The van der Waals surface area contributed by atoms with Gasteiger partial charge in [-0.2, -0.15) is 0 Å². The molecule has 1 aromatic rings. The fourth-order valence-electron chi connectivity index (χ4n) is 1.71. The summed E-state index contributed by atoms with van der Waals surface area (Å²) in [5, 5.41) is 3.29. The van der Waals surface area contributed by atoms with Crippen LogP contribution >= 0.6 is 15.9 Å². The molecule has 2 nitrogen and oxygen atoms in total. The summed E-state index contributed by atoms with van der Waals surface area (Å²) in [5.74, 6) is 3.22. The summed E-state index contributed by atoms with van der Waals surface area (Å²) in [5.41, 5.74) is 3.18. The molecule has 0 spiro atoms. The molecule has 1 N–H and O–H groups in total.